The zero-order chi connectivity index (χ0) is 22.9. The zero-order valence-electron chi connectivity index (χ0n) is 17.9. The normalized spacial score (nSPS) is 11.5. The highest BCUT2D eigenvalue weighted by atomic mass is 35.5. The minimum absolute atomic E-state index is 0.0178. The number of nitrogens with zero attached hydrogens (tertiary/aromatic N) is 2. The van der Waals surface area contributed by atoms with Crippen molar-refractivity contribution in [2.75, 3.05) is 5.32 Å². The average Bonchev–Trinajstić information content (AvgIpc) is 2.97. The molecule has 0 saturated heterocycles. The molecule has 3 N–H and O–H groups in total. The third kappa shape index (κ3) is 4.98. The second kappa shape index (κ2) is 8.82. The molecule has 0 saturated carbocycles. The zero-order valence-corrected chi connectivity index (χ0v) is 19.4. The lowest BCUT2D eigenvalue weighted by Gasteiger charge is -2.11. The first-order valence-corrected chi connectivity index (χ1v) is 11.7. The highest BCUT2D eigenvalue weighted by Gasteiger charge is 2.18. The van der Waals surface area contributed by atoms with Gasteiger partial charge in [0.1, 0.15) is 0 Å². The van der Waals surface area contributed by atoms with Crippen molar-refractivity contribution in [2.45, 2.75) is 45.4 Å². The fraction of sp³-hybridized carbons (Fsp3) is 0.273. The summed E-state index contributed by atoms with van der Waals surface area (Å²) in [5, 5.41) is 13.3. The van der Waals surface area contributed by atoms with Crippen LogP contribution in [0.2, 0.25) is 5.02 Å². The molecule has 0 spiro atoms. The van der Waals surface area contributed by atoms with Gasteiger partial charge in [-0.05, 0) is 62.6 Å². The van der Waals surface area contributed by atoms with E-state index in [4.69, 9.17) is 16.7 Å². The number of aryl methyl sites for hydroxylation is 3. The largest absolute Gasteiger partial charge is 0.326 e. The van der Waals surface area contributed by atoms with Crippen LogP contribution < -0.4 is 10.5 Å². The van der Waals surface area contributed by atoms with Gasteiger partial charge in [0, 0.05) is 22.0 Å². The topological polar surface area (TPSA) is 107 Å². The third-order valence-corrected chi connectivity index (χ3v) is 6.62. The molecule has 0 aliphatic heterocycles. The Balaban J connectivity index is 1.85. The number of benzene rings is 2. The molecule has 31 heavy (non-hydrogen) atoms. The number of anilines is 1. The number of primary sulfonamides is 1. The Hall–Kier alpha value is -2.68. The summed E-state index contributed by atoms with van der Waals surface area (Å²) in [6.07, 6.45) is 0.609. The Kier molecular flexibility index (Phi) is 6.54. The molecule has 0 atom stereocenters. The molecule has 0 fully saturated rings. The maximum atomic E-state index is 12.7. The molecule has 0 aliphatic rings. The minimum atomic E-state index is -3.89. The summed E-state index contributed by atoms with van der Waals surface area (Å²) in [5.74, 6) is -0.280. The summed E-state index contributed by atoms with van der Waals surface area (Å²) >= 11 is 6.25. The van der Waals surface area contributed by atoms with E-state index in [9.17, 15) is 13.2 Å². The quantitative estimate of drug-likeness (QED) is 0.582. The van der Waals surface area contributed by atoms with Crippen molar-refractivity contribution in [2.24, 2.45) is 5.14 Å². The van der Waals surface area contributed by atoms with E-state index in [1.165, 1.54) is 6.07 Å². The number of amides is 1. The van der Waals surface area contributed by atoms with E-state index in [1.54, 1.807) is 16.8 Å². The Morgan fingerprint density at radius 3 is 2.48 bits per heavy atom. The number of nitrogens with one attached hydrogen (secondary N) is 1. The van der Waals surface area contributed by atoms with Crippen LogP contribution in [-0.4, -0.2) is 24.1 Å². The maximum Gasteiger partial charge on any atom is 0.238 e. The summed E-state index contributed by atoms with van der Waals surface area (Å²) in [7, 11) is -3.89. The van der Waals surface area contributed by atoms with Crippen LogP contribution >= 0.6 is 11.6 Å². The van der Waals surface area contributed by atoms with Crippen LogP contribution in [0.4, 0.5) is 5.69 Å². The number of carbonyl (C=O) groups is 1. The van der Waals surface area contributed by atoms with Crippen molar-refractivity contribution in [3.05, 3.63) is 69.5 Å². The van der Waals surface area contributed by atoms with Crippen LogP contribution in [0, 0.1) is 20.8 Å². The Labute approximate surface area is 187 Å². The number of nitrogens with two attached hydrogens (primary N) is 1. The second-order valence-corrected chi connectivity index (χ2v) is 9.38. The highest BCUT2D eigenvalue weighted by Crippen LogP contribution is 2.24. The first-order valence-electron chi connectivity index (χ1n) is 9.78. The van der Waals surface area contributed by atoms with Crippen LogP contribution in [0.3, 0.4) is 0 Å². The van der Waals surface area contributed by atoms with Crippen molar-refractivity contribution in [1.82, 2.24) is 9.78 Å². The summed E-state index contributed by atoms with van der Waals surface area (Å²) in [5.41, 5.74) is 5.13. The highest BCUT2D eigenvalue weighted by molar-refractivity contribution is 7.89. The second-order valence-electron chi connectivity index (χ2n) is 7.44. The van der Waals surface area contributed by atoms with Gasteiger partial charge in [0.15, 0.2) is 0 Å². The van der Waals surface area contributed by atoms with Crippen molar-refractivity contribution in [1.29, 1.82) is 0 Å². The molecule has 164 valence electrons. The molecule has 0 aliphatic carbocycles. The molecule has 0 radical (unpaired) electrons. The van der Waals surface area contributed by atoms with Gasteiger partial charge in [-0.2, -0.15) is 5.10 Å². The van der Waals surface area contributed by atoms with Crippen LogP contribution in [0.5, 0.6) is 0 Å². The number of aromatic nitrogens is 2. The number of rotatable bonds is 6. The first kappa shape index (κ1) is 23.0. The monoisotopic (exact) mass is 460 g/mol. The van der Waals surface area contributed by atoms with E-state index in [0.29, 0.717) is 22.7 Å². The van der Waals surface area contributed by atoms with Crippen molar-refractivity contribution >= 4 is 33.2 Å². The van der Waals surface area contributed by atoms with Gasteiger partial charge in [0.05, 0.1) is 22.7 Å². The fourth-order valence-corrected chi connectivity index (χ4v) is 4.49. The van der Waals surface area contributed by atoms with Crippen LogP contribution in [-0.2, 0) is 27.7 Å². The Morgan fingerprint density at radius 2 is 1.87 bits per heavy atom. The molecule has 3 rings (SSSR count). The minimum Gasteiger partial charge on any atom is -0.326 e. The van der Waals surface area contributed by atoms with E-state index in [2.05, 4.69) is 10.4 Å². The molecule has 1 aromatic heterocycles. The van der Waals surface area contributed by atoms with Gasteiger partial charge in [-0.3, -0.25) is 4.79 Å². The average molecular weight is 461 g/mol. The molecule has 2 aromatic carbocycles. The van der Waals surface area contributed by atoms with E-state index in [1.807, 2.05) is 45.9 Å². The molecule has 3 aromatic rings. The lowest BCUT2D eigenvalue weighted by Crippen LogP contribution is -2.18. The van der Waals surface area contributed by atoms with Gasteiger partial charge in [-0.25, -0.2) is 18.2 Å². The molecule has 7 nitrogen and oxygen atoms in total. The van der Waals surface area contributed by atoms with Crippen LogP contribution in [0.25, 0.3) is 5.69 Å². The standard InChI is InChI=1S/C22H25ClN4O3S/c1-5-16-7-8-17(10-21(16)31(24,29)30)25-22(28)12-19-14(3)26-27(15(19)4)18-9-6-13(2)20(23)11-18/h6-11H,5,12H2,1-4H3,(H,25,28)(H2,24,29,30). The van der Waals surface area contributed by atoms with E-state index < -0.39 is 10.0 Å². The summed E-state index contributed by atoms with van der Waals surface area (Å²) < 4.78 is 25.5. The molecular weight excluding hydrogens is 436 g/mol. The van der Waals surface area contributed by atoms with Gasteiger partial charge in [0.25, 0.3) is 0 Å². The summed E-state index contributed by atoms with van der Waals surface area (Å²) in [6.45, 7) is 7.51. The molecule has 0 bridgehead atoms. The number of halogens is 1. The fourth-order valence-electron chi connectivity index (χ4n) is 3.45. The Morgan fingerprint density at radius 1 is 1.16 bits per heavy atom. The van der Waals surface area contributed by atoms with Gasteiger partial charge in [0.2, 0.25) is 15.9 Å². The van der Waals surface area contributed by atoms with Crippen LogP contribution in [0.1, 0.15) is 35.0 Å². The number of hydrogen-bond acceptors (Lipinski definition) is 4. The van der Waals surface area contributed by atoms with E-state index in [-0.39, 0.29) is 17.2 Å². The summed E-state index contributed by atoms with van der Waals surface area (Å²) in [4.78, 5) is 12.7. The maximum absolute atomic E-state index is 12.7. The van der Waals surface area contributed by atoms with Crippen LogP contribution in [0.15, 0.2) is 41.3 Å². The van der Waals surface area contributed by atoms with E-state index in [0.717, 1.165) is 28.2 Å². The van der Waals surface area contributed by atoms with Crippen molar-refractivity contribution in [3.63, 3.8) is 0 Å². The van der Waals surface area contributed by atoms with Gasteiger partial charge in [-0.15, -0.1) is 0 Å². The molecule has 1 amide bonds. The molecular formula is C22H25ClN4O3S. The lowest BCUT2D eigenvalue weighted by molar-refractivity contribution is -0.115. The molecule has 1 heterocycles. The predicted molar refractivity (Wildman–Crippen MR) is 122 cm³/mol. The molecule has 9 heteroatoms. The van der Waals surface area contributed by atoms with E-state index >= 15 is 0 Å². The Bertz CT molecular complexity index is 1270. The predicted octanol–water partition coefficient (Wildman–Crippen LogP) is 3.84. The first-order chi connectivity index (χ1) is 14.5. The van der Waals surface area contributed by atoms with Crippen molar-refractivity contribution < 1.29 is 13.2 Å². The summed E-state index contributed by atoms with van der Waals surface area (Å²) in [6, 6.07) is 10.4. The SMILES string of the molecule is CCc1ccc(NC(=O)Cc2c(C)nn(-c3ccc(C)c(Cl)c3)c2C)cc1S(N)(=O)=O. The smallest absolute Gasteiger partial charge is 0.238 e. The third-order valence-electron chi connectivity index (χ3n) is 5.22. The van der Waals surface area contributed by atoms with Gasteiger partial charge in [-0.1, -0.05) is 30.7 Å². The number of carbonyl (C=O) groups excluding carboxylic acids is 1. The number of sulfonamides is 1. The molecule has 0 unspecified atom stereocenters. The number of hydrogen-bond donors (Lipinski definition) is 2. The van der Waals surface area contributed by atoms with Gasteiger partial charge >= 0.3 is 0 Å². The van der Waals surface area contributed by atoms with Gasteiger partial charge < -0.3 is 5.32 Å². The van der Waals surface area contributed by atoms with Crippen molar-refractivity contribution in [3.8, 4) is 5.69 Å². The lowest BCUT2D eigenvalue weighted by atomic mass is 10.1.